The molecule has 2 N–H and O–H groups in total. The Morgan fingerprint density at radius 3 is 2.52 bits per heavy atom. The summed E-state index contributed by atoms with van der Waals surface area (Å²) in [5, 5.41) is 12.0. The SMILES string of the molecule is CCOC(=O)C(NS(=O)(=O)c1cccs1)C(O)c1ccccc1. The molecule has 6 nitrogen and oxygen atoms in total. The van der Waals surface area contributed by atoms with Crippen molar-refractivity contribution >= 4 is 27.3 Å². The fourth-order valence-corrected chi connectivity index (χ4v) is 4.16. The second kappa shape index (κ2) is 7.69. The van der Waals surface area contributed by atoms with Gasteiger partial charge in [0.2, 0.25) is 0 Å². The number of ether oxygens (including phenoxy) is 1. The summed E-state index contributed by atoms with van der Waals surface area (Å²) >= 11 is 1.02. The van der Waals surface area contributed by atoms with Crippen molar-refractivity contribution in [1.29, 1.82) is 0 Å². The fourth-order valence-electron chi connectivity index (χ4n) is 1.96. The predicted molar refractivity (Wildman–Crippen MR) is 86.5 cm³/mol. The second-order valence-electron chi connectivity index (χ2n) is 4.64. The molecule has 0 aliphatic carbocycles. The second-order valence-corrected chi connectivity index (χ2v) is 7.53. The number of hydrogen-bond acceptors (Lipinski definition) is 6. The first kappa shape index (κ1) is 17.6. The Hall–Kier alpha value is -1.74. The Balaban J connectivity index is 2.30. The highest BCUT2D eigenvalue weighted by Crippen LogP contribution is 2.21. The maximum atomic E-state index is 12.3. The number of benzene rings is 1. The summed E-state index contributed by atoms with van der Waals surface area (Å²) in [7, 11) is -3.92. The minimum Gasteiger partial charge on any atom is -0.465 e. The highest BCUT2D eigenvalue weighted by atomic mass is 32.2. The van der Waals surface area contributed by atoms with E-state index in [4.69, 9.17) is 4.74 Å². The van der Waals surface area contributed by atoms with E-state index in [9.17, 15) is 18.3 Å². The fraction of sp³-hybridized carbons (Fsp3) is 0.267. The number of hydrogen-bond donors (Lipinski definition) is 2. The average molecular weight is 355 g/mol. The van der Waals surface area contributed by atoms with Gasteiger partial charge in [0.1, 0.15) is 16.4 Å². The molecule has 124 valence electrons. The predicted octanol–water partition coefficient (Wildman–Crippen LogP) is 1.69. The van der Waals surface area contributed by atoms with E-state index in [0.717, 1.165) is 11.3 Å². The van der Waals surface area contributed by atoms with Gasteiger partial charge in [-0.25, -0.2) is 8.42 Å². The minimum atomic E-state index is -3.92. The van der Waals surface area contributed by atoms with E-state index >= 15 is 0 Å². The normalized spacial score (nSPS) is 14.2. The van der Waals surface area contributed by atoms with Crippen molar-refractivity contribution in [3.8, 4) is 0 Å². The van der Waals surface area contributed by atoms with Crippen LogP contribution < -0.4 is 4.72 Å². The van der Waals surface area contributed by atoms with Gasteiger partial charge in [0.05, 0.1) is 6.61 Å². The van der Waals surface area contributed by atoms with Crippen molar-refractivity contribution in [3.05, 3.63) is 53.4 Å². The topological polar surface area (TPSA) is 92.7 Å². The molecule has 2 unspecified atom stereocenters. The Morgan fingerprint density at radius 2 is 1.96 bits per heavy atom. The van der Waals surface area contributed by atoms with Crippen molar-refractivity contribution in [3.63, 3.8) is 0 Å². The molecule has 23 heavy (non-hydrogen) atoms. The molecule has 1 aromatic carbocycles. The van der Waals surface area contributed by atoms with Crippen LogP contribution in [0.2, 0.25) is 0 Å². The Labute approximate surface area is 138 Å². The molecule has 0 saturated carbocycles. The molecule has 1 heterocycles. The van der Waals surface area contributed by atoms with Crippen LogP contribution >= 0.6 is 11.3 Å². The quantitative estimate of drug-likeness (QED) is 0.738. The van der Waals surface area contributed by atoms with Crippen molar-refractivity contribution in [1.82, 2.24) is 4.72 Å². The zero-order valence-corrected chi connectivity index (χ0v) is 14.0. The molecule has 8 heteroatoms. The summed E-state index contributed by atoms with van der Waals surface area (Å²) in [4.78, 5) is 12.1. The molecule has 0 fully saturated rings. The lowest BCUT2D eigenvalue weighted by Crippen LogP contribution is -2.45. The zero-order valence-electron chi connectivity index (χ0n) is 12.4. The maximum Gasteiger partial charge on any atom is 0.327 e. The van der Waals surface area contributed by atoms with Gasteiger partial charge >= 0.3 is 5.97 Å². The first-order valence-corrected chi connectivity index (χ1v) is 9.27. The van der Waals surface area contributed by atoms with E-state index in [1.807, 2.05) is 0 Å². The molecule has 2 atom stereocenters. The molecule has 0 bridgehead atoms. The molecule has 0 aliphatic rings. The van der Waals surface area contributed by atoms with Gasteiger partial charge in [0.25, 0.3) is 10.0 Å². The van der Waals surface area contributed by atoms with E-state index in [-0.39, 0.29) is 10.8 Å². The standard InChI is InChI=1S/C15H17NO5S2/c1-2-21-15(18)13(14(17)11-7-4-3-5-8-11)16-23(19,20)12-9-6-10-22-12/h3-10,13-14,16-17H,2H2,1H3. The van der Waals surface area contributed by atoms with E-state index in [2.05, 4.69) is 4.72 Å². The molecule has 2 aromatic rings. The number of nitrogens with one attached hydrogen (secondary N) is 1. The number of carbonyl (C=O) groups is 1. The summed E-state index contributed by atoms with van der Waals surface area (Å²) in [6, 6.07) is 9.93. The van der Waals surface area contributed by atoms with Gasteiger partial charge in [0.15, 0.2) is 0 Å². The average Bonchev–Trinajstić information content (AvgIpc) is 3.08. The Morgan fingerprint density at radius 1 is 1.26 bits per heavy atom. The Kier molecular flexibility index (Phi) is 5.89. The zero-order chi connectivity index (χ0) is 16.9. The molecular weight excluding hydrogens is 338 g/mol. The first-order chi connectivity index (χ1) is 11.0. The molecule has 0 radical (unpaired) electrons. The van der Waals surface area contributed by atoms with Crippen LogP contribution in [0.4, 0.5) is 0 Å². The van der Waals surface area contributed by atoms with Crippen molar-refractivity contribution in [2.75, 3.05) is 6.61 Å². The number of aliphatic hydroxyl groups excluding tert-OH is 1. The first-order valence-electron chi connectivity index (χ1n) is 6.91. The van der Waals surface area contributed by atoms with Crippen molar-refractivity contribution in [2.45, 2.75) is 23.3 Å². The number of esters is 1. The molecule has 1 aromatic heterocycles. The molecule has 0 spiro atoms. The molecule has 0 amide bonds. The van der Waals surface area contributed by atoms with Gasteiger partial charge in [-0.1, -0.05) is 36.4 Å². The van der Waals surface area contributed by atoms with Crippen LogP contribution in [-0.2, 0) is 19.6 Å². The molecular formula is C15H17NO5S2. The van der Waals surface area contributed by atoms with Gasteiger partial charge in [-0.15, -0.1) is 11.3 Å². The van der Waals surface area contributed by atoms with Crippen LogP contribution in [0.1, 0.15) is 18.6 Å². The van der Waals surface area contributed by atoms with Crippen LogP contribution in [0, 0.1) is 0 Å². The van der Waals surface area contributed by atoms with Gasteiger partial charge in [-0.3, -0.25) is 4.79 Å². The monoisotopic (exact) mass is 355 g/mol. The number of rotatable bonds is 7. The van der Waals surface area contributed by atoms with Gasteiger partial charge < -0.3 is 9.84 Å². The summed E-state index contributed by atoms with van der Waals surface area (Å²) in [6.45, 7) is 1.69. The Bertz CT molecular complexity index is 728. The van der Waals surface area contributed by atoms with Crippen LogP contribution in [0.25, 0.3) is 0 Å². The summed E-state index contributed by atoms with van der Waals surface area (Å²) in [6.07, 6.45) is -1.36. The highest BCUT2D eigenvalue weighted by molar-refractivity contribution is 7.91. The largest absolute Gasteiger partial charge is 0.465 e. The van der Waals surface area contributed by atoms with Crippen LogP contribution in [0.3, 0.4) is 0 Å². The third-order valence-electron chi connectivity index (χ3n) is 3.04. The molecule has 2 rings (SSSR count). The number of thiophene rings is 1. The van der Waals surface area contributed by atoms with E-state index in [1.165, 1.54) is 6.07 Å². The van der Waals surface area contributed by atoms with Crippen LogP contribution in [-0.4, -0.2) is 32.1 Å². The summed E-state index contributed by atoms with van der Waals surface area (Å²) < 4.78 is 31.8. The summed E-state index contributed by atoms with van der Waals surface area (Å²) in [5.74, 6) is -0.830. The lowest BCUT2D eigenvalue weighted by molar-refractivity contribution is -0.148. The molecule has 0 aliphatic heterocycles. The van der Waals surface area contributed by atoms with Gasteiger partial charge in [-0.05, 0) is 23.9 Å². The van der Waals surface area contributed by atoms with Crippen LogP contribution in [0.15, 0.2) is 52.1 Å². The smallest absolute Gasteiger partial charge is 0.327 e. The lowest BCUT2D eigenvalue weighted by atomic mass is 10.0. The number of carbonyl (C=O) groups excluding carboxylic acids is 1. The minimum absolute atomic E-state index is 0.0621. The summed E-state index contributed by atoms with van der Waals surface area (Å²) in [5.41, 5.74) is 0.416. The van der Waals surface area contributed by atoms with Crippen LogP contribution in [0.5, 0.6) is 0 Å². The third kappa shape index (κ3) is 4.38. The van der Waals surface area contributed by atoms with E-state index in [0.29, 0.717) is 5.56 Å². The number of aliphatic hydroxyl groups is 1. The lowest BCUT2D eigenvalue weighted by Gasteiger charge is -2.22. The number of sulfonamides is 1. The van der Waals surface area contributed by atoms with Crippen molar-refractivity contribution in [2.24, 2.45) is 0 Å². The highest BCUT2D eigenvalue weighted by Gasteiger charge is 2.34. The third-order valence-corrected chi connectivity index (χ3v) is 5.88. The van der Waals surface area contributed by atoms with Gasteiger partial charge in [0, 0.05) is 0 Å². The van der Waals surface area contributed by atoms with Gasteiger partial charge in [-0.2, -0.15) is 4.72 Å². The van der Waals surface area contributed by atoms with E-state index in [1.54, 1.807) is 48.7 Å². The van der Waals surface area contributed by atoms with E-state index < -0.39 is 28.1 Å². The maximum absolute atomic E-state index is 12.3. The molecule has 0 saturated heterocycles. The van der Waals surface area contributed by atoms with Crippen molar-refractivity contribution < 1.29 is 23.1 Å².